The first-order chi connectivity index (χ1) is 9.69. The molecule has 1 aromatic carbocycles. The molecule has 0 bridgehead atoms. The van der Waals surface area contributed by atoms with Crippen LogP contribution in [0.15, 0.2) is 35.4 Å². The molecule has 1 saturated heterocycles. The standard InChI is InChI=1S/C14H13NO4S/c1-18-10-4-2-9(3-5-10)7-19-14(17)11-8-20-13-6-12(16)15(11)13/h2-5,8,13H,6-7H2,1H3/t13-/m1/s1. The Bertz CT molecular complexity index is 581. The summed E-state index contributed by atoms with van der Waals surface area (Å²) in [7, 11) is 1.60. The second kappa shape index (κ2) is 5.20. The summed E-state index contributed by atoms with van der Waals surface area (Å²) < 4.78 is 10.3. The average Bonchev–Trinajstić information content (AvgIpc) is 2.82. The topological polar surface area (TPSA) is 55.8 Å². The minimum absolute atomic E-state index is 0.0207. The van der Waals surface area contributed by atoms with E-state index in [0.717, 1.165) is 11.3 Å². The van der Waals surface area contributed by atoms with Gasteiger partial charge in [-0.3, -0.25) is 9.69 Å². The molecule has 2 aliphatic rings. The van der Waals surface area contributed by atoms with Crippen molar-refractivity contribution in [3.63, 3.8) is 0 Å². The molecule has 0 spiro atoms. The van der Waals surface area contributed by atoms with Gasteiger partial charge in [0.05, 0.1) is 18.9 Å². The molecular weight excluding hydrogens is 278 g/mol. The first-order valence-corrected chi connectivity index (χ1v) is 7.11. The fourth-order valence-corrected chi connectivity index (χ4v) is 3.16. The van der Waals surface area contributed by atoms with Crippen LogP contribution in [-0.2, 0) is 20.9 Å². The van der Waals surface area contributed by atoms with Crippen LogP contribution in [-0.4, -0.2) is 29.3 Å². The van der Waals surface area contributed by atoms with E-state index in [1.165, 1.54) is 16.7 Å². The quantitative estimate of drug-likeness (QED) is 0.626. The molecular formula is C14H13NO4S. The number of β-lactam (4-membered cyclic amide) rings is 1. The lowest BCUT2D eigenvalue weighted by molar-refractivity contribution is -0.149. The first kappa shape index (κ1) is 13.1. The van der Waals surface area contributed by atoms with Crippen molar-refractivity contribution in [1.82, 2.24) is 4.90 Å². The maximum absolute atomic E-state index is 12.0. The summed E-state index contributed by atoms with van der Waals surface area (Å²) in [5.41, 5.74) is 1.22. The van der Waals surface area contributed by atoms with E-state index in [2.05, 4.69) is 0 Å². The van der Waals surface area contributed by atoms with Gasteiger partial charge in [-0.25, -0.2) is 4.79 Å². The number of benzene rings is 1. The van der Waals surface area contributed by atoms with Crippen LogP contribution in [0.2, 0.25) is 0 Å². The van der Waals surface area contributed by atoms with Gasteiger partial charge in [-0.1, -0.05) is 12.1 Å². The number of ether oxygens (including phenoxy) is 2. The van der Waals surface area contributed by atoms with Gasteiger partial charge in [0.15, 0.2) is 0 Å². The number of fused-ring (bicyclic) bond motifs is 1. The Labute approximate surface area is 120 Å². The molecule has 3 rings (SSSR count). The first-order valence-electron chi connectivity index (χ1n) is 6.17. The van der Waals surface area contributed by atoms with Gasteiger partial charge >= 0.3 is 5.97 Å². The summed E-state index contributed by atoms with van der Waals surface area (Å²) >= 11 is 1.48. The zero-order valence-corrected chi connectivity index (χ0v) is 11.7. The van der Waals surface area contributed by atoms with E-state index in [1.54, 1.807) is 12.5 Å². The van der Waals surface area contributed by atoms with Crippen molar-refractivity contribution >= 4 is 23.6 Å². The highest BCUT2D eigenvalue weighted by atomic mass is 32.2. The molecule has 1 amide bonds. The summed E-state index contributed by atoms with van der Waals surface area (Å²) in [4.78, 5) is 24.9. The number of carbonyl (C=O) groups excluding carboxylic acids is 2. The number of amides is 1. The third-order valence-electron chi connectivity index (χ3n) is 3.24. The largest absolute Gasteiger partial charge is 0.497 e. The second-order valence-electron chi connectivity index (χ2n) is 4.49. The third kappa shape index (κ3) is 2.27. The van der Waals surface area contributed by atoms with Crippen LogP contribution in [0.4, 0.5) is 0 Å². The summed E-state index contributed by atoms with van der Waals surface area (Å²) in [6, 6.07) is 7.29. The van der Waals surface area contributed by atoms with Gasteiger partial charge in [0.2, 0.25) is 5.91 Å². The lowest BCUT2D eigenvalue weighted by Crippen LogP contribution is -2.48. The summed E-state index contributed by atoms with van der Waals surface area (Å²) in [5, 5.41) is 1.79. The molecule has 2 aliphatic heterocycles. The highest BCUT2D eigenvalue weighted by Crippen LogP contribution is 2.41. The fraction of sp³-hybridized carbons (Fsp3) is 0.286. The normalized spacial score (nSPS) is 20.1. The van der Waals surface area contributed by atoms with Gasteiger partial charge in [0, 0.05) is 5.41 Å². The molecule has 0 saturated carbocycles. The van der Waals surface area contributed by atoms with E-state index < -0.39 is 5.97 Å². The molecule has 20 heavy (non-hydrogen) atoms. The average molecular weight is 291 g/mol. The number of thioether (sulfide) groups is 1. The minimum Gasteiger partial charge on any atom is -0.497 e. The Balaban J connectivity index is 1.58. The number of nitrogens with zero attached hydrogens (tertiary/aromatic N) is 1. The molecule has 0 aromatic heterocycles. The maximum atomic E-state index is 12.0. The highest BCUT2D eigenvalue weighted by Gasteiger charge is 2.45. The van der Waals surface area contributed by atoms with Crippen molar-refractivity contribution in [2.75, 3.05) is 7.11 Å². The lowest BCUT2D eigenvalue weighted by Gasteiger charge is -2.34. The summed E-state index contributed by atoms with van der Waals surface area (Å²) in [6.07, 6.45) is 0.496. The Morgan fingerprint density at radius 3 is 2.80 bits per heavy atom. The van der Waals surface area contributed by atoms with E-state index in [1.807, 2.05) is 24.3 Å². The number of esters is 1. The molecule has 1 atom stereocenters. The Morgan fingerprint density at radius 1 is 1.40 bits per heavy atom. The van der Waals surface area contributed by atoms with E-state index >= 15 is 0 Å². The molecule has 0 N–H and O–H groups in total. The van der Waals surface area contributed by atoms with Gasteiger partial charge in [0.25, 0.3) is 0 Å². The monoisotopic (exact) mass is 291 g/mol. The van der Waals surface area contributed by atoms with Crippen LogP contribution in [0.25, 0.3) is 0 Å². The molecule has 0 radical (unpaired) electrons. The van der Waals surface area contributed by atoms with E-state index in [0.29, 0.717) is 12.1 Å². The molecule has 0 unspecified atom stereocenters. The Hall–Kier alpha value is -1.95. The van der Waals surface area contributed by atoms with Gasteiger partial charge in [-0.15, -0.1) is 11.8 Å². The number of hydrogen-bond donors (Lipinski definition) is 0. The highest BCUT2D eigenvalue weighted by molar-refractivity contribution is 8.03. The number of methoxy groups -OCH3 is 1. The molecule has 2 heterocycles. The van der Waals surface area contributed by atoms with Crippen molar-refractivity contribution in [2.45, 2.75) is 18.4 Å². The molecule has 5 nitrogen and oxygen atoms in total. The van der Waals surface area contributed by atoms with Gasteiger partial charge in [-0.2, -0.15) is 0 Å². The van der Waals surface area contributed by atoms with E-state index in [4.69, 9.17) is 9.47 Å². The fourth-order valence-electron chi connectivity index (χ4n) is 2.08. The lowest BCUT2D eigenvalue weighted by atomic mass is 10.2. The minimum atomic E-state index is -0.455. The van der Waals surface area contributed by atoms with Crippen LogP contribution < -0.4 is 4.74 Å². The van der Waals surface area contributed by atoms with Crippen LogP contribution in [0.1, 0.15) is 12.0 Å². The van der Waals surface area contributed by atoms with Crippen LogP contribution in [0.3, 0.4) is 0 Å². The number of rotatable bonds is 4. The predicted octanol–water partition coefficient (Wildman–Crippen LogP) is 1.89. The van der Waals surface area contributed by atoms with Gasteiger partial charge < -0.3 is 9.47 Å². The van der Waals surface area contributed by atoms with Crippen molar-refractivity contribution < 1.29 is 19.1 Å². The molecule has 104 valence electrons. The van der Waals surface area contributed by atoms with Crippen LogP contribution in [0.5, 0.6) is 5.75 Å². The van der Waals surface area contributed by atoms with E-state index in [9.17, 15) is 9.59 Å². The van der Waals surface area contributed by atoms with Crippen LogP contribution in [0, 0.1) is 0 Å². The zero-order chi connectivity index (χ0) is 14.1. The maximum Gasteiger partial charge on any atom is 0.355 e. The van der Waals surface area contributed by atoms with Crippen molar-refractivity contribution in [1.29, 1.82) is 0 Å². The van der Waals surface area contributed by atoms with Gasteiger partial charge in [0.1, 0.15) is 18.1 Å². The summed E-state index contributed by atoms with van der Waals surface area (Å²) in [6.45, 7) is 0.178. The van der Waals surface area contributed by atoms with Crippen molar-refractivity contribution in [3.8, 4) is 5.75 Å². The Morgan fingerprint density at radius 2 is 2.15 bits per heavy atom. The third-order valence-corrected chi connectivity index (χ3v) is 4.29. The second-order valence-corrected chi connectivity index (χ2v) is 5.54. The number of carbonyl (C=O) groups is 2. The number of hydrogen-bond acceptors (Lipinski definition) is 5. The van der Waals surface area contributed by atoms with E-state index in [-0.39, 0.29) is 17.9 Å². The Kier molecular flexibility index (Phi) is 3.40. The molecule has 6 heteroatoms. The molecule has 1 aromatic rings. The molecule has 1 fully saturated rings. The smallest absolute Gasteiger partial charge is 0.355 e. The van der Waals surface area contributed by atoms with Gasteiger partial charge in [-0.05, 0) is 17.7 Å². The predicted molar refractivity (Wildman–Crippen MR) is 73.7 cm³/mol. The summed E-state index contributed by atoms with van der Waals surface area (Å²) in [5.74, 6) is 0.278. The van der Waals surface area contributed by atoms with Crippen molar-refractivity contribution in [3.05, 3.63) is 40.9 Å². The van der Waals surface area contributed by atoms with Crippen molar-refractivity contribution in [2.24, 2.45) is 0 Å². The SMILES string of the molecule is COc1ccc(COC(=O)C2=CS[C@@H]3CC(=O)N23)cc1. The zero-order valence-electron chi connectivity index (χ0n) is 10.9. The molecule has 0 aliphatic carbocycles. The van der Waals surface area contributed by atoms with Crippen LogP contribution >= 0.6 is 11.8 Å².